The number of ether oxygens (including phenoxy) is 1. The predicted octanol–water partition coefficient (Wildman–Crippen LogP) is 5.60. The number of amides is 1. The van der Waals surface area contributed by atoms with E-state index in [1.54, 1.807) is 63.2 Å². The number of carbonyl (C=O) groups is 3. The third-order valence-corrected chi connectivity index (χ3v) is 8.38. The van der Waals surface area contributed by atoms with Gasteiger partial charge in [-0.15, -0.1) is 0 Å². The molecule has 0 bridgehead atoms. The molecule has 3 N–H and O–H groups in total. The van der Waals surface area contributed by atoms with Crippen molar-refractivity contribution in [2.24, 2.45) is 16.7 Å². The zero-order valence-electron chi connectivity index (χ0n) is 20.5. The summed E-state index contributed by atoms with van der Waals surface area (Å²) in [6.07, 6.45) is 1.64. The van der Waals surface area contributed by atoms with Crippen LogP contribution in [0.2, 0.25) is 10.0 Å². The number of hydrogen-bond acceptors (Lipinski definition) is 4. The molecule has 1 fully saturated rings. The second kappa shape index (κ2) is 11.1. The van der Waals surface area contributed by atoms with Gasteiger partial charge in [-0.2, -0.15) is 0 Å². The van der Waals surface area contributed by atoms with Gasteiger partial charge in [0.05, 0.1) is 5.41 Å². The van der Waals surface area contributed by atoms with Gasteiger partial charge >= 0.3 is 11.9 Å². The third kappa shape index (κ3) is 5.79. The second-order valence-electron chi connectivity index (χ2n) is 10.0. The molecule has 7 nitrogen and oxygen atoms in total. The lowest BCUT2D eigenvalue weighted by Crippen LogP contribution is -2.55. The summed E-state index contributed by atoms with van der Waals surface area (Å²) >= 11 is 12.3. The molecule has 1 aliphatic rings. The Kier molecular flexibility index (Phi) is 8.57. The topological polar surface area (TPSA) is 113 Å². The maximum atomic E-state index is 13.1. The maximum absolute atomic E-state index is 13.1. The number of hydrogen-bond donors (Lipinski definition) is 3. The quantitative estimate of drug-likeness (QED) is 0.385. The molecule has 3 atom stereocenters. The number of carbonyl (C=O) groups excluding carboxylic acids is 1. The van der Waals surface area contributed by atoms with Gasteiger partial charge in [-0.1, -0.05) is 61.7 Å². The minimum absolute atomic E-state index is 0.0705. The van der Waals surface area contributed by atoms with E-state index in [2.05, 4.69) is 5.32 Å². The van der Waals surface area contributed by atoms with Gasteiger partial charge in [0, 0.05) is 27.9 Å². The summed E-state index contributed by atoms with van der Waals surface area (Å²) in [6, 6.07) is 10.9. The van der Waals surface area contributed by atoms with Crippen molar-refractivity contribution >= 4 is 41.0 Å². The Labute approximate surface area is 220 Å². The van der Waals surface area contributed by atoms with Crippen LogP contribution in [-0.2, 0) is 27.4 Å². The summed E-state index contributed by atoms with van der Waals surface area (Å²) in [6.45, 7) is 5.38. The molecule has 0 radical (unpaired) electrons. The first-order chi connectivity index (χ1) is 16.9. The number of benzene rings is 2. The first-order valence-electron chi connectivity index (χ1n) is 11.8. The van der Waals surface area contributed by atoms with Crippen molar-refractivity contribution in [3.8, 4) is 5.75 Å². The van der Waals surface area contributed by atoms with Crippen LogP contribution < -0.4 is 10.1 Å². The van der Waals surface area contributed by atoms with E-state index in [4.69, 9.17) is 27.9 Å². The van der Waals surface area contributed by atoms with Crippen LogP contribution in [0.5, 0.6) is 5.75 Å². The molecule has 0 heterocycles. The number of aliphatic carboxylic acids is 2. The molecule has 0 spiro atoms. The Morgan fingerprint density at radius 2 is 1.67 bits per heavy atom. The van der Waals surface area contributed by atoms with E-state index in [0.29, 0.717) is 46.2 Å². The molecule has 1 amide bonds. The molecular weight excluding hydrogens is 505 g/mol. The van der Waals surface area contributed by atoms with Crippen LogP contribution >= 0.6 is 23.2 Å². The van der Waals surface area contributed by atoms with Crippen molar-refractivity contribution in [1.82, 2.24) is 5.32 Å². The van der Waals surface area contributed by atoms with Crippen LogP contribution in [0.1, 0.15) is 51.2 Å². The van der Waals surface area contributed by atoms with Crippen molar-refractivity contribution < 1.29 is 29.3 Å². The molecule has 1 saturated carbocycles. The Hall–Kier alpha value is -2.77. The van der Waals surface area contributed by atoms with Crippen molar-refractivity contribution in [1.29, 1.82) is 0 Å². The number of nitrogens with one attached hydrogen (secondary N) is 1. The van der Waals surface area contributed by atoms with Crippen molar-refractivity contribution in [3.05, 3.63) is 63.6 Å². The van der Waals surface area contributed by atoms with Crippen molar-refractivity contribution in [3.63, 3.8) is 0 Å². The molecular formula is C27H31Cl2NO6. The highest BCUT2D eigenvalue weighted by atomic mass is 35.5. The molecule has 0 saturated heterocycles. The van der Waals surface area contributed by atoms with Crippen LogP contribution in [0, 0.1) is 16.7 Å². The summed E-state index contributed by atoms with van der Waals surface area (Å²) in [5.74, 6) is -2.59. The normalized spacial score (nSPS) is 21.9. The average molecular weight is 536 g/mol. The fraction of sp³-hybridized carbons (Fsp3) is 0.444. The number of rotatable bonds is 9. The van der Waals surface area contributed by atoms with Crippen LogP contribution in [0.4, 0.5) is 0 Å². The molecule has 2 aromatic rings. The SMILES string of the molecule is CC1(C(=O)O)CCCC(C(=O)NC(Cc2ccc(OCc3c(Cl)cccc3Cl)cc2)C(=O)O)C1(C)C. The standard InChI is InChI=1S/C27H31Cl2NO6/c1-26(2)19(6-5-13-27(26,3)25(34)35)23(31)30-22(24(32)33)14-16-9-11-17(12-10-16)36-15-18-20(28)7-4-8-21(18)29/h4,7-12,19,22H,5-6,13-15H2,1-3H3,(H,30,31)(H,32,33)(H,34,35). The van der Waals surface area contributed by atoms with E-state index in [1.165, 1.54) is 0 Å². The predicted molar refractivity (Wildman–Crippen MR) is 137 cm³/mol. The van der Waals surface area contributed by atoms with Crippen LogP contribution in [0.15, 0.2) is 42.5 Å². The highest BCUT2D eigenvalue weighted by molar-refractivity contribution is 6.35. The smallest absolute Gasteiger partial charge is 0.326 e. The molecule has 3 rings (SSSR count). The van der Waals surface area contributed by atoms with E-state index < -0.39 is 40.6 Å². The zero-order valence-corrected chi connectivity index (χ0v) is 22.0. The van der Waals surface area contributed by atoms with Gasteiger partial charge in [-0.25, -0.2) is 4.79 Å². The lowest BCUT2D eigenvalue weighted by molar-refractivity contribution is -0.166. The molecule has 9 heteroatoms. The number of halogens is 2. The van der Waals surface area contributed by atoms with Gasteiger partial charge < -0.3 is 20.3 Å². The summed E-state index contributed by atoms with van der Waals surface area (Å²) in [4.78, 5) is 37.1. The molecule has 0 aliphatic heterocycles. The maximum Gasteiger partial charge on any atom is 0.326 e. The molecule has 194 valence electrons. The summed E-state index contributed by atoms with van der Waals surface area (Å²) < 4.78 is 5.76. The molecule has 3 unspecified atom stereocenters. The minimum Gasteiger partial charge on any atom is -0.489 e. The summed E-state index contributed by atoms with van der Waals surface area (Å²) in [7, 11) is 0. The van der Waals surface area contributed by atoms with Gasteiger partial charge in [-0.3, -0.25) is 9.59 Å². The van der Waals surface area contributed by atoms with Gasteiger partial charge in [0.15, 0.2) is 0 Å². The van der Waals surface area contributed by atoms with E-state index in [1.807, 2.05) is 0 Å². The van der Waals surface area contributed by atoms with Crippen LogP contribution in [0.25, 0.3) is 0 Å². The van der Waals surface area contributed by atoms with Gasteiger partial charge in [0.2, 0.25) is 5.91 Å². The number of carboxylic acids is 2. The molecule has 36 heavy (non-hydrogen) atoms. The van der Waals surface area contributed by atoms with Crippen molar-refractivity contribution in [2.75, 3.05) is 0 Å². The number of carboxylic acid groups (broad SMARTS) is 2. The van der Waals surface area contributed by atoms with E-state index in [9.17, 15) is 24.6 Å². The van der Waals surface area contributed by atoms with Crippen molar-refractivity contribution in [2.45, 2.75) is 59.1 Å². The minimum atomic E-state index is -1.16. The Morgan fingerprint density at radius 1 is 1.06 bits per heavy atom. The first kappa shape index (κ1) is 27.8. The van der Waals surface area contributed by atoms with Gasteiger partial charge in [-0.05, 0) is 55.0 Å². The lowest BCUT2D eigenvalue weighted by atomic mass is 9.53. The van der Waals surface area contributed by atoms with Crippen LogP contribution in [-0.4, -0.2) is 34.1 Å². The lowest BCUT2D eigenvalue weighted by Gasteiger charge is -2.49. The highest BCUT2D eigenvalue weighted by Gasteiger charge is 2.55. The monoisotopic (exact) mass is 535 g/mol. The fourth-order valence-corrected chi connectivity index (χ4v) is 5.33. The third-order valence-electron chi connectivity index (χ3n) is 7.67. The largest absolute Gasteiger partial charge is 0.489 e. The molecule has 1 aliphatic carbocycles. The Balaban J connectivity index is 1.66. The summed E-state index contributed by atoms with van der Waals surface area (Å²) in [5, 5.41) is 23.2. The fourth-order valence-electron chi connectivity index (χ4n) is 4.82. The first-order valence-corrected chi connectivity index (χ1v) is 12.5. The highest BCUT2D eigenvalue weighted by Crippen LogP contribution is 2.53. The Morgan fingerprint density at radius 3 is 2.22 bits per heavy atom. The summed E-state index contributed by atoms with van der Waals surface area (Å²) in [5.41, 5.74) is -0.545. The van der Waals surface area contributed by atoms with Gasteiger partial charge in [0.25, 0.3) is 0 Å². The molecule has 2 aromatic carbocycles. The molecule has 0 aromatic heterocycles. The van der Waals surface area contributed by atoms with E-state index in [0.717, 1.165) is 0 Å². The Bertz CT molecular complexity index is 1110. The second-order valence-corrected chi connectivity index (χ2v) is 10.9. The van der Waals surface area contributed by atoms with E-state index in [-0.39, 0.29) is 13.0 Å². The van der Waals surface area contributed by atoms with Gasteiger partial charge in [0.1, 0.15) is 18.4 Å². The zero-order chi connectivity index (χ0) is 26.7. The van der Waals surface area contributed by atoms with E-state index >= 15 is 0 Å². The average Bonchev–Trinajstić information content (AvgIpc) is 2.80. The van der Waals surface area contributed by atoms with Crippen LogP contribution in [0.3, 0.4) is 0 Å².